The van der Waals surface area contributed by atoms with Gasteiger partial charge >= 0.3 is 5.97 Å². The topological polar surface area (TPSA) is 75.6 Å². The van der Waals surface area contributed by atoms with Crippen LogP contribution >= 0.6 is 0 Å². The summed E-state index contributed by atoms with van der Waals surface area (Å²) < 4.78 is 5.14. The Morgan fingerprint density at radius 1 is 1.12 bits per heavy atom. The van der Waals surface area contributed by atoms with E-state index in [0.717, 1.165) is 12.0 Å². The van der Waals surface area contributed by atoms with Gasteiger partial charge in [0.25, 0.3) is 0 Å². The lowest BCUT2D eigenvalue weighted by molar-refractivity contribution is -0.139. The predicted octanol–water partition coefficient (Wildman–Crippen LogP) is 2.96. The number of ether oxygens (including phenoxy) is 1. The van der Waals surface area contributed by atoms with Crippen LogP contribution in [0.3, 0.4) is 0 Å². The first kappa shape index (κ1) is 17.0. The summed E-state index contributed by atoms with van der Waals surface area (Å²) in [6, 6.07) is 17.4. The van der Waals surface area contributed by atoms with E-state index >= 15 is 0 Å². The molecule has 0 aromatic heterocycles. The molecule has 1 saturated carbocycles. The van der Waals surface area contributed by atoms with Crippen molar-refractivity contribution in [1.82, 2.24) is 5.32 Å². The number of carboxylic acids is 1. The van der Waals surface area contributed by atoms with Gasteiger partial charge in [0.15, 0.2) is 6.61 Å². The summed E-state index contributed by atoms with van der Waals surface area (Å²) in [5, 5.41) is 11.6. The van der Waals surface area contributed by atoms with Gasteiger partial charge in [-0.1, -0.05) is 42.5 Å². The Bertz CT molecular complexity index is 744. The fourth-order valence-electron chi connectivity index (χ4n) is 2.98. The van der Waals surface area contributed by atoms with E-state index in [2.05, 4.69) is 17.4 Å². The smallest absolute Gasteiger partial charge is 0.341 e. The second-order valence-electron chi connectivity index (χ2n) is 6.32. The highest BCUT2D eigenvalue weighted by Gasteiger charge is 2.39. The first-order valence-electron chi connectivity index (χ1n) is 8.37. The van der Waals surface area contributed by atoms with Gasteiger partial charge in [0.2, 0.25) is 5.91 Å². The van der Waals surface area contributed by atoms with Crippen molar-refractivity contribution in [3.8, 4) is 5.75 Å². The highest BCUT2D eigenvalue weighted by Crippen LogP contribution is 2.49. The van der Waals surface area contributed by atoms with Crippen LogP contribution in [0.2, 0.25) is 0 Å². The van der Waals surface area contributed by atoms with E-state index in [1.165, 1.54) is 5.56 Å². The molecule has 3 rings (SSSR count). The standard InChI is InChI=1S/C20H21NO4/c22-19(11-16-10-18(16)15-6-2-1-3-7-15)21-12-14-5-4-8-17(9-14)25-13-20(23)24/h1-9,16,18H,10-13H2,(H,21,22)(H,23,24)/t16-,18-/m0/s1. The average Bonchev–Trinajstić information content (AvgIpc) is 3.38. The predicted molar refractivity (Wildman–Crippen MR) is 93.3 cm³/mol. The number of aliphatic carboxylic acids is 1. The number of nitrogens with one attached hydrogen (secondary N) is 1. The molecule has 1 fully saturated rings. The van der Waals surface area contributed by atoms with Gasteiger partial charge in [-0.25, -0.2) is 4.79 Å². The number of benzene rings is 2. The minimum absolute atomic E-state index is 0.0419. The molecule has 0 bridgehead atoms. The molecule has 2 aromatic rings. The van der Waals surface area contributed by atoms with Gasteiger partial charge < -0.3 is 15.2 Å². The highest BCUT2D eigenvalue weighted by atomic mass is 16.5. The van der Waals surface area contributed by atoms with Crippen LogP contribution in [-0.2, 0) is 16.1 Å². The fraction of sp³-hybridized carbons (Fsp3) is 0.300. The van der Waals surface area contributed by atoms with Gasteiger partial charge in [-0.3, -0.25) is 4.79 Å². The van der Waals surface area contributed by atoms with E-state index in [4.69, 9.17) is 9.84 Å². The normalized spacial score (nSPS) is 18.4. The molecule has 5 heteroatoms. The molecule has 0 saturated heterocycles. The van der Waals surface area contributed by atoms with Crippen LogP contribution in [0.4, 0.5) is 0 Å². The largest absolute Gasteiger partial charge is 0.482 e. The second kappa shape index (κ2) is 7.83. The van der Waals surface area contributed by atoms with Gasteiger partial charge in [-0.15, -0.1) is 0 Å². The van der Waals surface area contributed by atoms with Crippen molar-refractivity contribution in [1.29, 1.82) is 0 Å². The lowest BCUT2D eigenvalue weighted by Gasteiger charge is -2.08. The van der Waals surface area contributed by atoms with Crippen molar-refractivity contribution in [2.45, 2.75) is 25.3 Å². The van der Waals surface area contributed by atoms with E-state index in [1.807, 2.05) is 24.3 Å². The fourth-order valence-corrected chi connectivity index (χ4v) is 2.98. The Morgan fingerprint density at radius 3 is 2.68 bits per heavy atom. The first-order chi connectivity index (χ1) is 12.1. The Kier molecular flexibility index (Phi) is 5.33. The monoisotopic (exact) mass is 339 g/mol. The zero-order valence-corrected chi connectivity index (χ0v) is 13.9. The third-order valence-corrected chi connectivity index (χ3v) is 4.35. The molecule has 2 aromatic carbocycles. The van der Waals surface area contributed by atoms with Gasteiger partial charge in [-0.2, -0.15) is 0 Å². The first-order valence-corrected chi connectivity index (χ1v) is 8.37. The van der Waals surface area contributed by atoms with E-state index in [1.54, 1.807) is 18.2 Å². The van der Waals surface area contributed by atoms with Crippen LogP contribution in [0.25, 0.3) is 0 Å². The Hall–Kier alpha value is -2.82. The van der Waals surface area contributed by atoms with Crippen LogP contribution in [0.1, 0.15) is 29.9 Å². The zero-order valence-electron chi connectivity index (χ0n) is 13.9. The van der Waals surface area contributed by atoms with Crippen molar-refractivity contribution in [2.75, 3.05) is 6.61 Å². The minimum atomic E-state index is -1.02. The highest BCUT2D eigenvalue weighted by molar-refractivity contribution is 5.76. The zero-order chi connectivity index (χ0) is 17.6. The summed E-state index contributed by atoms with van der Waals surface area (Å²) in [5.74, 6) is 0.434. The number of amides is 1. The molecule has 0 aliphatic heterocycles. The molecule has 130 valence electrons. The number of hydrogen-bond donors (Lipinski definition) is 2. The SMILES string of the molecule is O=C(O)COc1cccc(CNC(=O)C[C@@H]2C[C@H]2c2ccccc2)c1. The average molecular weight is 339 g/mol. The third kappa shape index (κ3) is 5.08. The summed E-state index contributed by atoms with van der Waals surface area (Å²) in [4.78, 5) is 22.7. The van der Waals surface area contributed by atoms with Crippen molar-refractivity contribution < 1.29 is 19.4 Å². The number of carbonyl (C=O) groups excluding carboxylic acids is 1. The van der Waals surface area contributed by atoms with Crippen LogP contribution in [0.5, 0.6) is 5.75 Å². The summed E-state index contributed by atoms with van der Waals surface area (Å²) in [6.07, 6.45) is 1.60. The van der Waals surface area contributed by atoms with Gasteiger partial charge in [-0.05, 0) is 41.5 Å². The number of hydrogen-bond acceptors (Lipinski definition) is 3. The van der Waals surface area contributed by atoms with E-state index in [9.17, 15) is 9.59 Å². The minimum Gasteiger partial charge on any atom is -0.482 e. The molecular formula is C20H21NO4. The lowest BCUT2D eigenvalue weighted by atomic mass is 10.1. The summed E-state index contributed by atoms with van der Waals surface area (Å²) in [6.45, 7) is 0.0319. The van der Waals surface area contributed by atoms with E-state index in [-0.39, 0.29) is 12.5 Å². The Labute approximate surface area is 146 Å². The Balaban J connectivity index is 1.44. The molecule has 0 unspecified atom stereocenters. The number of rotatable bonds is 8. The maximum absolute atomic E-state index is 12.1. The van der Waals surface area contributed by atoms with Gasteiger partial charge in [0.1, 0.15) is 5.75 Å². The summed E-state index contributed by atoms with van der Waals surface area (Å²) in [5.41, 5.74) is 2.19. The molecule has 1 amide bonds. The molecule has 2 N–H and O–H groups in total. The molecular weight excluding hydrogens is 318 g/mol. The summed E-state index contributed by atoms with van der Waals surface area (Å²) in [7, 11) is 0. The van der Waals surface area contributed by atoms with Crippen LogP contribution in [0.15, 0.2) is 54.6 Å². The van der Waals surface area contributed by atoms with Gasteiger partial charge in [0, 0.05) is 13.0 Å². The van der Waals surface area contributed by atoms with Crippen LogP contribution in [0, 0.1) is 5.92 Å². The van der Waals surface area contributed by atoms with Crippen LogP contribution < -0.4 is 10.1 Å². The Morgan fingerprint density at radius 2 is 1.92 bits per heavy atom. The van der Waals surface area contributed by atoms with Crippen molar-refractivity contribution >= 4 is 11.9 Å². The maximum Gasteiger partial charge on any atom is 0.341 e. The molecule has 0 spiro atoms. The molecule has 0 heterocycles. The lowest BCUT2D eigenvalue weighted by Crippen LogP contribution is -2.23. The van der Waals surface area contributed by atoms with Crippen molar-refractivity contribution in [2.24, 2.45) is 5.92 Å². The molecule has 1 aliphatic carbocycles. The molecule has 2 atom stereocenters. The molecule has 0 radical (unpaired) electrons. The molecule has 1 aliphatic rings. The van der Waals surface area contributed by atoms with Crippen LogP contribution in [-0.4, -0.2) is 23.6 Å². The quantitative estimate of drug-likeness (QED) is 0.775. The van der Waals surface area contributed by atoms with Crippen molar-refractivity contribution in [3.63, 3.8) is 0 Å². The second-order valence-corrected chi connectivity index (χ2v) is 6.32. The van der Waals surface area contributed by atoms with Crippen molar-refractivity contribution in [3.05, 3.63) is 65.7 Å². The molecule has 25 heavy (non-hydrogen) atoms. The van der Waals surface area contributed by atoms with Gasteiger partial charge in [0.05, 0.1) is 0 Å². The van der Waals surface area contributed by atoms with E-state index in [0.29, 0.717) is 30.6 Å². The number of carboxylic acid groups (broad SMARTS) is 1. The molecule has 5 nitrogen and oxygen atoms in total. The van der Waals surface area contributed by atoms with E-state index < -0.39 is 5.97 Å². The number of carbonyl (C=O) groups is 2. The summed E-state index contributed by atoms with van der Waals surface area (Å²) >= 11 is 0. The third-order valence-electron chi connectivity index (χ3n) is 4.35. The maximum atomic E-state index is 12.1.